The first-order chi connectivity index (χ1) is 14.5. The maximum absolute atomic E-state index is 9.84. The number of nitrogens with two attached hydrogens (primary N) is 1. The molecule has 1 unspecified atom stereocenters. The second-order valence-corrected chi connectivity index (χ2v) is 8.15. The number of hydrogen-bond acceptors (Lipinski definition) is 4. The van der Waals surface area contributed by atoms with Crippen molar-refractivity contribution < 1.29 is 10.2 Å². The van der Waals surface area contributed by atoms with E-state index in [1.807, 2.05) is 12.2 Å². The molecule has 4 N–H and O–H groups in total. The maximum atomic E-state index is 9.84. The number of benzene rings is 2. The highest BCUT2D eigenvalue weighted by atomic mass is 16.3. The Hall–Kier alpha value is -2.73. The number of rotatable bonds is 7. The van der Waals surface area contributed by atoms with E-state index < -0.39 is 6.10 Å². The van der Waals surface area contributed by atoms with E-state index in [9.17, 15) is 10.2 Å². The summed E-state index contributed by atoms with van der Waals surface area (Å²) in [6.07, 6.45) is 8.82. The second-order valence-electron chi connectivity index (χ2n) is 8.15. The van der Waals surface area contributed by atoms with Gasteiger partial charge in [-0.05, 0) is 47.9 Å². The SMILES string of the molecule is C[C@H](O)c1nccn1C(C=Cc1ccc(-c2ccc(C3CC(N)C3)cc2)cc1)CO. The van der Waals surface area contributed by atoms with Crippen molar-refractivity contribution in [2.45, 2.75) is 43.9 Å². The highest BCUT2D eigenvalue weighted by Gasteiger charge is 2.26. The Kier molecular flexibility index (Phi) is 6.13. The molecule has 0 spiro atoms. The van der Waals surface area contributed by atoms with Crippen molar-refractivity contribution in [3.05, 3.63) is 84.0 Å². The number of aliphatic hydroxyl groups excluding tert-OH is 2. The first kappa shape index (κ1) is 20.5. The van der Waals surface area contributed by atoms with Crippen LogP contribution in [0.4, 0.5) is 0 Å². The van der Waals surface area contributed by atoms with Crippen LogP contribution >= 0.6 is 0 Å². The van der Waals surface area contributed by atoms with E-state index in [4.69, 9.17) is 5.73 Å². The Morgan fingerprint density at radius 1 is 1.10 bits per heavy atom. The van der Waals surface area contributed by atoms with Gasteiger partial charge in [-0.1, -0.05) is 60.7 Å². The molecule has 4 rings (SSSR count). The minimum Gasteiger partial charge on any atom is -0.394 e. The summed E-state index contributed by atoms with van der Waals surface area (Å²) in [5.41, 5.74) is 10.7. The molecule has 0 aliphatic heterocycles. The lowest BCUT2D eigenvalue weighted by Crippen LogP contribution is -2.34. The molecule has 1 aromatic heterocycles. The predicted molar refractivity (Wildman–Crippen MR) is 120 cm³/mol. The molecule has 1 aliphatic rings. The normalized spacial score (nSPS) is 20.8. The summed E-state index contributed by atoms with van der Waals surface area (Å²) >= 11 is 0. The standard InChI is InChI=1S/C25H29N3O2/c1-17(30)25-27-12-13-28(25)24(16-29)11-4-18-2-5-19(6-3-18)20-7-9-21(10-8-20)22-14-23(26)15-22/h2-13,17,22-24,29-30H,14-16,26H2,1H3/t17-,22?,23?,24?/m0/s1. The first-order valence-corrected chi connectivity index (χ1v) is 10.5. The summed E-state index contributed by atoms with van der Waals surface area (Å²) in [6, 6.07) is 17.3. The Balaban J connectivity index is 1.44. The molecule has 2 atom stereocenters. The molecular weight excluding hydrogens is 374 g/mol. The molecule has 2 aromatic carbocycles. The molecule has 3 aromatic rings. The van der Waals surface area contributed by atoms with Gasteiger partial charge in [0, 0.05) is 18.4 Å². The lowest BCUT2D eigenvalue weighted by Gasteiger charge is -2.32. The third-order valence-electron chi connectivity index (χ3n) is 5.93. The molecule has 0 amide bonds. The average molecular weight is 404 g/mol. The summed E-state index contributed by atoms with van der Waals surface area (Å²) in [6.45, 7) is 1.60. The monoisotopic (exact) mass is 403 g/mol. The zero-order chi connectivity index (χ0) is 21.1. The van der Waals surface area contributed by atoms with Crippen LogP contribution < -0.4 is 5.73 Å². The van der Waals surface area contributed by atoms with Gasteiger partial charge in [-0.25, -0.2) is 4.98 Å². The van der Waals surface area contributed by atoms with Crippen molar-refractivity contribution in [1.82, 2.24) is 9.55 Å². The summed E-state index contributed by atoms with van der Waals surface area (Å²) in [5, 5.41) is 19.6. The molecule has 0 saturated heterocycles. The molecule has 1 saturated carbocycles. The number of aromatic nitrogens is 2. The lowest BCUT2D eigenvalue weighted by molar-refractivity contribution is 0.175. The van der Waals surface area contributed by atoms with Crippen molar-refractivity contribution in [3.63, 3.8) is 0 Å². The number of imidazole rings is 1. The molecule has 156 valence electrons. The minimum atomic E-state index is -0.686. The molecule has 1 heterocycles. The molecule has 5 nitrogen and oxygen atoms in total. The van der Waals surface area contributed by atoms with Crippen molar-refractivity contribution in [1.29, 1.82) is 0 Å². The average Bonchev–Trinajstić information content (AvgIpc) is 3.23. The van der Waals surface area contributed by atoms with Gasteiger partial charge in [0.2, 0.25) is 0 Å². The van der Waals surface area contributed by atoms with Gasteiger partial charge < -0.3 is 20.5 Å². The third kappa shape index (κ3) is 4.38. The van der Waals surface area contributed by atoms with Gasteiger partial charge in [0.05, 0.1) is 12.6 Å². The summed E-state index contributed by atoms with van der Waals surface area (Å²) in [7, 11) is 0. The van der Waals surface area contributed by atoms with Crippen LogP contribution in [-0.2, 0) is 0 Å². The van der Waals surface area contributed by atoms with E-state index in [1.165, 1.54) is 16.7 Å². The van der Waals surface area contributed by atoms with E-state index in [0.29, 0.717) is 17.8 Å². The molecule has 5 heteroatoms. The van der Waals surface area contributed by atoms with Crippen LogP contribution in [0.3, 0.4) is 0 Å². The van der Waals surface area contributed by atoms with Gasteiger partial charge in [-0.15, -0.1) is 0 Å². The van der Waals surface area contributed by atoms with E-state index in [-0.39, 0.29) is 12.6 Å². The van der Waals surface area contributed by atoms with E-state index in [1.54, 1.807) is 23.9 Å². The molecule has 1 fully saturated rings. The predicted octanol–water partition coefficient (Wildman–Crippen LogP) is 4.05. The quantitative estimate of drug-likeness (QED) is 0.556. The second kappa shape index (κ2) is 8.96. The molecular formula is C25H29N3O2. The van der Waals surface area contributed by atoms with Crippen molar-refractivity contribution in [2.75, 3.05) is 6.61 Å². The largest absolute Gasteiger partial charge is 0.394 e. The maximum Gasteiger partial charge on any atom is 0.137 e. The zero-order valence-corrected chi connectivity index (χ0v) is 17.2. The van der Waals surface area contributed by atoms with Crippen LogP contribution in [0.5, 0.6) is 0 Å². The van der Waals surface area contributed by atoms with Gasteiger partial charge >= 0.3 is 0 Å². The fourth-order valence-electron chi connectivity index (χ4n) is 4.06. The highest BCUT2D eigenvalue weighted by Crippen LogP contribution is 2.36. The first-order valence-electron chi connectivity index (χ1n) is 10.5. The van der Waals surface area contributed by atoms with Crippen LogP contribution in [0, 0.1) is 0 Å². The Labute approximate surface area is 177 Å². The van der Waals surface area contributed by atoms with Crippen LogP contribution in [0.1, 0.15) is 54.8 Å². The lowest BCUT2D eigenvalue weighted by atomic mass is 9.76. The summed E-state index contributed by atoms with van der Waals surface area (Å²) in [5.74, 6) is 1.16. The molecule has 30 heavy (non-hydrogen) atoms. The number of aliphatic hydroxyl groups is 2. The Morgan fingerprint density at radius 3 is 2.30 bits per heavy atom. The zero-order valence-electron chi connectivity index (χ0n) is 17.2. The van der Waals surface area contributed by atoms with Crippen molar-refractivity contribution in [2.24, 2.45) is 5.73 Å². The van der Waals surface area contributed by atoms with E-state index in [0.717, 1.165) is 18.4 Å². The van der Waals surface area contributed by atoms with E-state index >= 15 is 0 Å². The van der Waals surface area contributed by atoms with Gasteiger partial charge in [-0.3, -0.25) is 0 Å². The number of hydrogen-bond donors (Lipinski definition) is 3. The minimum absolute atomic E-state index is 0.0666. The number of nitrogens with zero attached hydrogens (tertiary/aromatic N) is 2. The van der Waals surface area contributed by atoms with Crippen LogP contribution in [0.2, 0.25) is 0 Å². The Morgan fingerprint density at radius 2 is 1.73 bits per heavy atom. The van der Waals surface area contributed by atoms with Crippen molar-refractivity contribution >= 4 is 6.08 Å². The third-order valence-corrected chi connectivity index (χ3v) is 5.93. The van der Waals surface area contributed by atoms with Crippen LogP contribution in [0.15, 0.2) is 67.0 Å². The van der Waals surface area contributed by atoms with Gasteiger partial charge in [0.25, 0.3) is 0 Å². The van der Waals surface area contributed by atoms with Crippen LogP contribution in [0.25, 0.3) is 17.2 Å². The van der Waals surface area contributed by atoms with Gasteiger partial charge in [0.1, 0.15) is 11.9 Å². The molecule has 0 radical (unpaired) electrons. The topological polar surface area (TPSA) is 84.3 Å². The van der Waals surface area contributed by atoms with Gasteiger partial charge in [-0.2, -0.15) is 0 Å². The van der Waals surface area contributed by atoms with Crippen LogP contribution in [-0.4, -0.2) is 32.4 Å². The summed E-state index contributed by atoms with van der Waals surface area (Å²) < 4.78 is 1.80. The van der Waals surface area contributed by atoms with E-state index in [2.05, 4.69) is 53.5 Å². The fourth-order valence-corrected chi connectivity index (χ4v) is 4.06. The fraction of sp³-hybridized carbons (Fsp3) is 0.320. The summed E-state index contributed by atoms with van der Waals surface area (Å²) in [4.78, 5) is 4.18. The Bertz CT molecular complexity index is 984. The smallest absolute Gasteiger partial charge is 0.137 e. The molecule has 0 bridgehead atoms. The highest BCUT2D eigenvalue weighted by molar-refractivity contribution is 5.66. The van der Waals surface area contributed by atoms with Crippen molar-refractivity contribution in [3.8, 4) is 11.1 Å². The molecule has 1 aliphatic carbocycles. The van der Waals surface area contributed by atoms with Gasteiger partial charge in [0.15, 0.2) is 0 Å².